The van der Waals surface area contributed by atoms with Crippen LogP contribution in [0.25, 0.3) is 0 Å². The quantitative estimate of drug-likeness (QED) is 0.692. The van der Waals surface area contributed by atoms with Gasteiger partial charge in [0.1, 0.15) is 5.75 Å². The van der Waals surface area contributed by atoms with Crippen molar-refractivity contribution in [1.82, 2.24) is 0 Å². The van der Waals surface area contributed by atoms with Crippen LogP contribution in [0.15, 0.2) is 48.5 Å². The summed E-state index contributed by atoms with van der Waals surface area (Å²) in [6, 6.07) is 13.6. The standard InChI is InChI=1S/C22H24N2O5/c1-2-14-28-19-11-5-16(6-12-19)22(27)29-15-20(25)23-17-7-9-18(10-8-17)24-13-3-4-21(24)26/h5-12H,2-4,13-15H2,1H3,(H,23,25). The van der Waals surface area contributed by atoms with Crippen molar-refractivity contribution in [2.75, 3.05) is 30.0 Å². The van der Waals surface area contributed by atoms with Crippen LogP contribution in [0.1, 0.15) is 36.5 Å². The lowest BCUT2D eigenvalue weighted by Crippen LogP contribution is -2.23. The number of benzene rings is 2. The predicted octanol–water partition coefficient (Wildman–Crippen LogP) is 3.40. The minimum Gasteiger partial charge on any atom is -0.494 e. The molecule has 3 rings (SSSR count). The minimum absolute atomic E-state index is 0.110. The molecule has 29 heavy (non-hydrogen) atoms. The Bertz CT molecular complexity index is 862. The summed E-state index contributed by atoms with van der Waals surface area (Å²) in [7, 11) is 0. The molecule has 1 fully saturated rings. The van der Waals surface area contributed by atoms with Crippen molar-refractivity contribution in [3.8, 4) is 5.75 Å². The molecule has 152 valence electrons. The third-order valence-electron chi connectivity index (χ3n) is 4.43. The van der Waals surface area contributed by atoms with Gasteiger partial charge in [0.15, 0.2) is 6.61 Å². The van der Waals surface area contributed by atoms with Crippen LogP contribution >= 0.6 is 0 Å². The summed E-state index contributed by atoms with van der Waals surface area (Å²) in [5.41, 5.74) is 1.73. The highest BCUT2D eigenvalue weighted by atomic mass is 16.5. The van der Waals surface area contributed by atoms with Crippen molar-refractivity contribution in [1.29, 1.82) is 0 Å². The molecule has 2 aromatic carbocycles. The highest BCUT2D eigenvalue weighted by Gasteiger charge is 2.21. The molecule has 7 heteroatoms. The Morgan fingerprint density at radius 3 is 2.41 bits per heavy atom. The van der Waals surface area contributed by atoms with Gasteiger partial charge in [-0.3, -0.25) is 9.59 Å². The molecule has 0 aromatic heterocycles. The smallest absolute Gasteiger partial charge is 0.338 e. The first-order valence-corrected chi connectivity index (χ1v) is 9.67. The second-order valence-electron chi connectivity index (χ2n) is 6.69. The fourth-order valence-electron chi connectivity index (χ4n) is 2.96. The molecule has 1 heterocycles. The average Bonchev–Trinajstić information content (AvgIpc) is 3.17. The molecular weight excluding hydrogens is 372 g/mol. The lowest BCUT2D eigenvalue weighted by atomic mass is 10.2. The van der Waals surface area contributed by atoms with E-state index in [0.29, 0.717) is 36.6 Å². The molecule has 1 N–H and O–H groups in total. The van der Waals surface area contributed by atoms with Gasteiger partial charge in [-0.25, -0.2) is 4.79 Å². The molecule has 7 nitrogen and oxygen atoms in total. The monoisotopic (exact) mass is 396 g/mol. The molecule has 1 aliphatic heterocycles. The molecule has 2 amide bonds. The SMILES string of the molecule is CCCOc1ccc(C(=O)OCC(=O)Nc2ccc(N3CCCC3=O)cc2)cc1. The van der Waals surface area contributed by atoms with Crippen LogP contribution in [0.5, 0.6) is 5.75 Å². The van der Waals surface area contributed by atoms with E-state index in [0.717, 1.165) is 18.5 Å². The van der Waals surface area contributed by atoms with Gasteiger partial charge in [0.2, 0.25) is 5.91 Å². The van der Waals surface area contributed by atoms with Crippen LogP contribution < -0.4 is 15.0 Å². The van der Waals surface area contributed by atoms with Gasteiger partial charge >= 0.3 is 5.97 Å². The summed E-state index contributed by atoms with van der Waals surface area (Å²) in [6.07, 6.45) is 2.33. The number of nitrogens with zero attached hydrogens (tertiary/aromatic N) is 1. The highest BCUT2D eigenvalue weighted by molar-refractivity contribution is 5.97. The fourth-order valence-corrected chi connectivity index (χ4v) is 2.96. The Kier molecular flexibility index (Phi) is 6.84. The second-order valence-corrected chi connectivity index (χ2v) is 6.69. The van der Waals surface area contributed by atoms with Crippen LogP contribution in [0.2, 0.25) is 0 Å². The molecule has 0 unspecified atom stereocenters. The van der Waals surface area contributed by atoms with Gasteiger partial charge in [0.05, 0.1) is 12.2 Å². The van der Waals surface area contributed by atoms with Crippen LogP contribution in [-0.2, 0) is 14.3 Å². The van der Waals surface area contributed by atoms with Crippen molar-refractivity contribution in [2.24, 2.45) is 0 Å². The molecule has 1 aliphatic rings. The molecule has 0 saturated carbocycles. The molecule has 0 atom stereocenters. The molecule has 0 bridgehead atoms. The largest absolute Gasteiger partial charge is 0.494 e. The summed E-state index contributed by atoms with van der Waals surface area (Å²) in [5, 5.41) is 2.67. The van der Waals surface area contributed by atoms with E-state index in [1.54, 1.807) is 53.4 Å². The summed E-state index contributed by atoms with van der Waals surface area (Å²) in [5.74, 6) is -0.227. The lowest BCUT2D eigenvalue weighted by molar-refractivity contribution is -0.119. The van der Waals surface area contributed by atoms with Crippen molar-refractivity contribution in [3.63, 3.8) is 0 Å². The minimum atomic E-state index is -0.579. The van der Waals surface area contributed by atoms with E-state index in [1.807, 2.05) is 6.92 Å². The maximum atomic E-state index is 12.1. The number of carbonyl (C=O) groups is 3. The molecule has 0 radical (unpaired) electrons. The number of esters is 1. The van der Waals surface area contributed by atoms with Crippen molar-refractivity contribution in [2.45, 2.75) is 26.2 Å². The average molecular weight is 396 g/mol. The normalized spacial score (nSPS) is 13.3. The van der Waals surface area contributed by atoms with E-state index in [4.69, 9.17) is 9.47 Å². The second kappa shape index (κ2) is 9.73. The summed E-state index contributed by atoms with van der Waals surface area (Å²) >= 11 is 0. The highest BCUT2D eigenvalue weighted by Crippen LogP contribution is 2.23. The van der Waals surface area contributed by atoms with Crippen LogP contribution in [-0.4, -0.2) is 37.5 Å². The zero-order chi connectivity index (χ0) is 20.6. The van der Waals surface area contributed by atoms with Crippen molar-refractivity contribution < 1.29 is 23.9 Å². The maximum absolute atomic E-state index is 12.1. The third kappa shape index (κ3) is 5.57. The Labute approximate surface area is 169 Å². The molecular formula is C22H24N2O5. The van der Waals surface area contributed by atoms with Crippen molar-refractivity contribution in [3.05, 3.63) is 54.1 Å². The number of hydrogen-bond donors (Lipinski definition) is 1. The van der Waals surface area contributed by atoms with Gasteiger partial charge in [0.25, 0.3) is 5.91 Å². The first kappa shape index (κ1) is 20.4. The molecule has 0 aliphatic carbocycles. The first-order chi connectivity index (χ1) is 14.1. The number of anilines is 2. The summed E-state index contributed by atoms with van der Waals surface area (Å²) in [4.78, 5) is 37.6. The number of hydrogen-bond acceptors (Lipinski definition) is 5. The Balaban J connectivity index is 1.46. The first-order valence-electron chi connectivity index (χ1n) is 9.67. The van der Waals surface area contributed by atoms with Gasteiger partial charge in [0, 0.05) is 24.3 Å². The molecule has 2 aromatic rings. The van der Waals surface area contributed by atoms with Crippen LogP contribution in [0.3, 0.4) is 0 Å². The number of nitrogens with one attached hydrogen (secondary N) is 1. The van der Waals surface area contributed by atoms with Crippen LogP contribution in [0.4, 0.5) is 11.4 Å². The van der Waals surface area contributed by atoms with E-state index < -0.39 is 11.9 Å². The fraction of sp³-hybridized carbons (Fsp3) is 0.318. The topological polar surface area (TPSA) is 84.9 Å². The van der Waals surface area contributed by atoms with Crippen LogP contribution in [0, 0.1) is 0 Å². The number of ether oxygens (including phenoxy) is 2. The molecule has 1 saturated heterocycles. The summed E-state index contributed by atoms with van der Waals surface area (Å²) < 4.78 is 10.5. The summed E-state index contributed by atoms with van der Waals surface area (Å²) in [6.45, 7) is 2.95. The van der Waals surface area contributed by atoms with Gasteiger partial charge in [-0.2, -0.15) is 0 Å². The number of carbonyl (C=O) groups excluding carboxylic acids is 3. The van der Waals surface area contributed by atoms with Gasteiger partial charge in [-0.1, -0.05) is 6.92 Å². The zero-order valence-electron chi connectivity index (χ0n) is 16.3. The van der Waals surface area contributed by atoms with E-state index >= 15 is 0 Å². The van der Waals surface area contributed by atoms with Crippen molar-refractivity contribution >= 4 is 29.2 Å². The Morgan fingerprint density at radius 2 is 1.79 bits per heavy atom. The number of rotatable bonds is 8. The van der Waals surface area contributed by atoms with E-state index in [1.165, 1.54) is 0 Å². The number of amides is 2. The molecule has 0 spiro atoms. The van der Waals surface area contributed by atoms with Gasteiger partial charge in [-0.15, -0.1) is 0 Å². The lowest BCUT2D eigenvalue weighted by Gasteiger charge is -2.16. The van der Waals surface area contributed by atoms with Gasteiger partial charge in [-0.05, 0) is 61.4 Å². The van der Waals surface area contributed by atoms with E-state index in [9.17, 15) is 14.4 Å². The van der Waals surface area contributed by atoms with E-state index in [2.05, 4.69) is 5.32 Å². The Hall–Kier alpha value is -3.35. The predicted molar refractivity (Wildman–Crippen MR) is 109 cm³/mol. The third-order valence-corrected chi connectivity index (χ3v) is 4.43. The maximum Gasteiger partial charge on any atom is 0.338 e. The zero-order valence-corrected chi connectivity index (χ0v) is 16.3. The Morgan fingerprint density at radius 1 is 1.07 bits per heavy atom. The van der Waals surface area contributed by atoms with Gasteiger partial charge < -0.3 is 19.7 Å². The van der Waals surface area contributed by atoms with E-state index in [-0.39, 0.29) is 12.5 Å².